The summed E-state index contributed by atoms with van der Waals surface area (Å²) in [5, 5.41) is 0. The first kappa shape index (κ1) is 11.8. The van der Waals surface area contributed by atoms with Crippen LogP contribution in [-0.2, 0) is 12.8 Å². The zero-order valence-corrected chi connectivity index (χ0v) is 9.97. The SMILES string of the molecule is NCCCc1ccc(Cc2ccncc2)cc1. The number of nitrogens with zero attached hydrogens (tertiary/aromatic N) is 1. The fourth-order valence-electron chi connectivity index (χ4n) is 1.87. The topological polar surface area (TPSA) is 38.9 Å². The van der Waals surface area contributed by atoms with Gasteiger partial charge in [0.2, 0.25) is 0 Å². The maximum Gasteiger partial charge on any atom is 0.0270 e. The summed E-state index contributed by atoms with van der Waals surface area (Å²) < 4.78 is 0. The molecule has 17 heavy (non-hydrogen) atoms. The van der Waals surface area contributed by atoms with Crippen molar-refractivity contribution in [3.8, 4) is 0 Å². The molecule has 0 atom stereocenters. The molecule has 1 aromatic carbocycles. The van der Waals surface area contributed by atoms with Gasteiger partial charge in [-0.3, -0.25) is 4.98 Å². The highest BCUT2D eigenvalue weighted by Gasteiger charge is 1.97. The first-order chi connectivity index (χ1) is 8.38. The van der Waals surface area contributed by atoms with Gasteiger partial charge in [0.05, 0.1) is 0 Å². The summed E-state index contributed by atoms with van der Waals surface area (Å²) in [4.78, 5) is 4.02. The normalized spacial score (nSPS) is 10.4. The van der Waals surface area contributed by atoms with Crippen molar-refractivity contribution in [2.45, 2.75) is 19.3 Å². The molecule has 0 bridgehead atoms. The molecule has 1 heterocycles. The predicted molar refractivity (Wildman–Crippen MR) is 70.9 cm³/mol. The molecule has 88 valence electrons. The van der Waals surface area contributed by atoms with Crippen molar-refractivity contribution in [2.75, 3.05) is 6.54 Å². The fourth-order valence-corrected chi connectivity index (χ4v) is 1.87. The Bertz CT molecular complexity index is 434. The van der Waals surface area contributed by atoms with Crippen LogP contribution in [0.15, 0.2) is 48.8 Å². The van der Waals surface area contributed by atoms with E-state index < -0.39 is 0 Å². The maximum absolute atomic E-state index is 5.50. The molecule has 0 spiro atoms. The highest BCUT2D eigenvalue weighted by atomic mass is 14.6. The van der Waals surface area contributed by atoms with Gasteiger partial charge in [-0.15, -0.1) is 0 Å². The minimum atomic E-state index is 0.763. The third-order valence-corrected chi connectivity index (χ3v) is 2.85. The third kappa shape index (κ3) is 3.68. The van der Waals surface area contributed by atoms with Gasteiger partial charge in [0.15, 0.2) is 0 Å². The maximum atomic E-state index is 5.50. The predicted octanol–water partition coefficient (Wildman–Crippen LogP) is 2.56. The Balaban J connectivity index is 1.98. The monoisotopic (exact) mass is 226 g/mol. The molecule has 0 aliphatic rings. The summed E-state index contributed by atoms with van der Waals surface area (Å²) in [6.07, 6.45) is 6.78. The zero-order valence-electron chi connectivity index (χ0n) is 9.97. The largest absolute Gasteiger partial charge is 0.330 e. The Kier molecular flexibility index (Phi) is 4.28. The molecule has 2 aromatic rings. The molecule has 0 unspecified atom stereocenters. The van der Waals surface area contributed by atoms with Crippen molar-refractivity contribution < 1.29 is 0 Å². The average Bonchev–Trinajstić information content (AvgIpc) is 2.39. The van der Waals surface area contributed by atoms with E-state index in [0.717, 1.165) is 25.8 Å². The van der Waals surface area contributed by atoms with Gasteiger partial charge >= 0.3 is 0 Å². The van der Waals surface area contributed by atoms with Gasteiger partial charge in [-0.1, -0.05) is 24.3 Å². The summed E-state index contributed by atoms with van der Waals surface area (Å²) in [7, 11) is 0. The van der Waals surface area contributed by atoms with Gasteiger partial charge in [-0.2, -0.15) is 0 Å². The fraction of sp³-hybridized carbons (Fsp3) is 0.267. The molecular formula is C15H18N2. The third-order valence-electron chi connectivity index (χ3n) is 2.85. The molecule has 2 heteroatoms. The van der Waals surface area contributed by atoms with Crippen molar-refractivity contribution in [2.24, 2.45) is 5.73 Å². The van der Waals surface area contributed by atoms with E-state index in [-0.39, 0.29) is 0 Å². The Morgan fingerprint density at radius 1 is 0.824 bits per heavy atom. The van der Waals surface area contributed by atoms with Gasteiger partial charge < -0.3 is 5.73 Å². The number of hydrogen-bond acceptors (Lipinski definition) is 2. The Morgan fingerprint density at radius 3 is 2.06 bits per heavy atom. The molecule has 0 saturated carbocycles. The second-order valence-corrected chi connectivity index (χ2v) is 4.24. The van der Waals surface area contributed by atoms with Gasteiger partial charge in [0.1, 0.15) is 0 Å². The second kappa shape index (κ2) is 6.16. The quantitative estimate of drug-likeness (QED) is 0.851. The van der Waals surface area contributed by atoms with Crippen LogP contribution in [0.3, 0.4) is 0 Å². The minimum Gasteiger partial charge on any atom is -0.330 e. The van der Waals surface area contributed by atoms with Crippen LogP contribution in [0.4, 0.5) is 0 Å². The van der Waals surface area contributed by atoms with Crippen LogP contribution in [0.1, 0.15) is 23.1 Å². The van der Waals surface area contributed by atoms with Crippen molar-refractivity contribution in [3.05, 3.63) is 65.5 Å². The van der Waals surface area contributed by atoms with Crippen molar-refractivity contribution in [1.82, 2.24) is 4.98 Å². The average molecular weight is 226 g/mol. The van der Waals surface area contributed by atoms with Gasteiger partial charge in [-0.25, -0.2) is 0 Å². The van der Waals surface area contributed by atoms with Gasteiger partial charge in [0, 0.05) is 12.4 Å². The number of aryl methyl sites for hydroxylation is 1. The van der Waals surface area contributed by atoms with Crippen LogP contribution in [0.2, 0.25) is 0 Å². The molecule has 0 amide bonds. The van der Waals surface area contributed by atoms with E-state index in [4.69, 9.17) is 5.73 Å². The zero-order chi connectivity index (χ0) is 11.9. The summed E-state index contributed by atoms with van der Waals surface area (Å²) >= 11 is 0. The van der Waals surface area contributed by atoms with E-state index in [1.54, 1.807) is 0 Å². The van der Waals surface area contributed by atoms with Crippen molar-refractivity contribution in [1.29, 1.82) is 0 Å². The van der Waals surface area contributed by atoms with Crippen molar-refractivity contribution >= 4 is 0 Å². The molecule has 2 nitrogen and oxygen atoms in total. The Hall–Kier alpha value is -1.67. The Labute approximate surface area is 103 Å². The Morgan fingerprint density at radius 2 is 1.41 bits per heavy atom. The molecule has 2 N–H and O–H groups in total. The number of nitrogens with two attached hydrogens (primary N) is 1. The van der Waals surface area contributed by atoms with Gasteiger partial charge in [0.25, 0.3) is 0 Å². The number of pyridine rings is 1. The standard InChI is InChI=1S/C15H18N2/c16-9-1-2-13-3-5-14(6-4-13)12-15-7-10-17-11-8-15/h3-8,10-11H,1-2,9,12,16H2. The molecule has 0 radical (unpaired) electrons. The van der Waals surface area contributed by atoms with Crippen LogP contribution < -0.4 is 5.73 Å². The number of rotatable bonds is 5. The lowest BCUT2D eigenvalue weighted by Gasteiger charge is -2.04. The summed E-state index contributed by atoms with van der Waals surface area (Å²) in [5.74, 6) is 0. The van der Waals surface area contributed by atoms with E-state index in [1.807, 2.05) is 12.4 Å². The number of hydrogen-bond donors (Lipinski definition) is 1. The number of aromatic nitrogens is 1. The van der Waals surface area contributed by atoms with E-state index in [2.05, 4.69) is 41.4 Å². The van der Waals surface area contributed by atoms with Crippen LogP contribution in [-0.4, -0.2) is 11.5 Å². The van der Waals surface area contributed by atoms with Crippen molar-refractivity contribution in [3.63, 3.8) is 0 Å². The summed E-state index contributed by atoms with van der Waals surface area (Å²) in [6, 6.07) is 12.9. The van der Waals surface area contributed by atoms with Crippen LogP contribution in [0.25, 0.3) is 0 Å². The minimum absolute atomic E-state index is 0.763. The first-order valence-corrected chi connectivity index (χ1v) is 6.05. The molecule has 0 aliphatic carbocycles. The summed E-state index contributed by atoms with van der Waals surface area (Å²) in [5.41, 5.74) is 9.51. The number of benzene rings is 1. The molecule has 2 rings (SSSR count). The van der Waals surface area contributed by atoms with Crippen LogP contribution in [0.5, 0.6) is 0 Å². The summed E-state index contributed by atoms with van der Waals surface area (Å²) in [6.45, 7) is 0.763. The second-order valence-electron chi connectivity index (χ2n) is 4.24. The lowest BCUT2D eigenvalue weighted by molar-refractivity contribution is 0.832. The van der Waals surface area contributed by atoms with Crippen LogP contribution >= 0.6 is 0 Å². The lowest BCUT2D eigenvalue weighted by atomic mass is 10.0. The van der Waals surface area contributed by atoms with E-state index >= 15 is 0 Å². The smallest absolute Gasteiger partial charge is 0.0270 e. The van der Waals surface area contributed by atoms with E-state index in [9.17, 15) is 0 Å². The molecule has 0 aliphatic heterocycles. The van der Waals surface area contributed by atoms with Crippen LogP contribution in [0, 0.1) is 0 Å². The van der Waals surface area contributed by atoms with E-state index in [1.165, 1.54) is 16.7 Å². The molecule has 1 aromatic heterocycles. The first-order valence-electron chi connectivity index (χ1n) is 6.05. The van der Waals surface area contributed by atoms with Gasteiger partial charge in [-0.05, 0) is 54.6 Å². The molecule has 0 fully saturated rings. The highest BCUT2D eigenvalue weighted by Crippen LogP contribution is 2.11. The molecule has 0 saturated heterocycles. The lowest BCUT2D eigenvalue weighted by Crippen LogP contribution is -2.00. The molecular weight excluding hydrogens is 208 g/mol. The highest BCUT2D eigenvalue weighted by molar-refractivity contribution is 5.27. The van der Waals surface area contributed by atoms with E-state index in [0.29, 0.717) is 0 Å².